The van der Waals surface area contributed by atoms with Crippen molar-refractivity contribution in [2.75, 3.05) is 20.2 Å². The predicted octanol–water partition coefficient (Wildman–Crippen LogP) is 2.20. The average molecular weight is 253 g/mol. The van der Waals surface area contributed by atoms with Crippen LogP contribution in [0.5, 0.6) is 0 Å². The van der Waals surface area contributed by atoms with Crippen LogP contribution in [-0.2, 0) is 10.3 Å². The number of hydrogen-bond acceptors (Lipinski definition) is 5. The van der Waals surface area contributed by atoms with Crippen molar-refractivity contribution in [3.63, 3.8) is 0 Å². The molecule has 1 aromatic rings. The van der Waals surface area contributed by atoms with E-state index in [4.69, 9.17) is 9.26 Å². The molecule has 5 nitrogen and oxygen atoms in total. The summed E-state index contributed by atoms with van der Waals surface area (Å²) in [6.45, 7) is 5.99. The van der Waals surface area contributed by atoms with Crippen molar-refractivity contribution in [2.45, 2.75) is 51.0 Å². The number of hydrogen-bond donors (Lipinski definition) is 1. The van der Waals surface area contributed by atoms with E-state index in [9.17, 15) is 0 Å². The fourth-order valence-electron chi connectivity index (χ4n) is 2.53. The molecule has 0 spiro atoms. The normalized spacial score (nSPS) is 20.2. The molecule has 1 atom stereocenters. The van der Waals surface area contributed by atoms with Crippen LogP contribution >= 0.6 is 0 Å². The molecule has 1 unspecified atom stereocenters. The number of rotatable bonds is 6. The maximum absolute atomic E-state index is 5.66. The molecule has 0 amide bonds. The Hall–Kier alpha value is -0.940. The van der Waals surface area contributed by atoms with Crippen LogP contribution in [0.4, 0.5) is 0 Å². The number of ether oxygens (including phenoxy) is 1. The first-order valence-corrected chi connectivity index (χ1v) is 6.82. The van der Waals surface area contributed by atoms with E-state index in [0.29, 0.717) is 5.89 Å². The van der Waals surface area contributed by atoms with Crippen molar-refractivity contribution < 1.29 is 9.26 Å². The minimum Gasteiger partial charge on any atom is -0.370 e. The molecule has 0 bridgehead atoms. The maximum atomic E-state index is 5.66. The van der Waals surface area contributed by atoms with Gasteiger partial charge in [-0.3, -0.25) is 0 Å². The lowest BCUT2D eigenvalue weighted by Crippen LogP contribution is -2.26. The fraction of sp³-hybridized carbons (Fsp3) is 0.846. The largest absolute Gasteiger partial charge is 0.370 e. The molecule has 0 aliphatic heterocycles. The Morgan fingerprint density at radius 2 is 2.17 bits per heavy atom. The van der Waals surface area contributed by atoms with Gasteiger partial charge in [-0.05, 0) is 32.2 Å². The molecule has 1 heterocycles. The third kappa shape index (κ3) is 2.57. The summed E-state index contributed by atoms with van der Waals surface area (Å²) < 4.78 is 11.0. The topological polar surface area (TPSA) is 60.2 Å². The van der Waals surface area contributed by atoms with Crippen molar-refractivity contribution in [3.8, 4) is 0 Å². The lowest BCUT2D eigenvalue weighted by molar-refractivity contribution is -0.0178. The highest BCUT2D eigenvalue weighted by Crippen LogP contribution is 2.40. The first-order valence-electron chi connectivity index (χ1n) is 6.82. The van der Waals surface area contributed by atoms with Crippen LogP contribution in [-0.4, -0.2) is 30.3 Å². The van der Waals surface area contributed by atoms with Crippen molar-refractivity contribution >= 4 is 0 Å². The lowest BCUT2D eigenvalue weighted by Gasteiger charge is -2.22. The van der Waals surface area contributed by atoms with E-state index < -0.39 is 0 Å². The second-order valence-corrected chi connectivity index (χ2v) is 5.07. The molecular formula is C13H23N3O2. The Kier molecular flexibility index (Phi) is 4.35. The summed E-state index contributed by atoms with van der Waals surface area (Å²) in [5, 5.41) is 7.42. The van der Waals surface area contributed by atoms with Crippen LogP contribution < -0.4 is 5.32 Å². The summed E-state index contributed by atoms with van der Waals surface area (Å²) >= 11 is 0. The van der Waals surface area contributed by atoms with Gasteiger partial charge < -0.3 is 14.6 Å². The van der Waals surface area contributed by atoms with Gasteiger partial charge in [0.05, 0.1) is 0 Å². The second kappa shape index (κ2) is 5.80. The SMILES string of the molecule is CCNCC(C)c1nc(C2(OC)CCCC2)no1. The molecule has 5 heteroatoms. The van der Waals surface area contributed by atoms with E-state index in [1.807, 2.05) is 0 Å². The molecule has 0 aromatic carbocycles. The van der Waals surface area contributed by atoms with E-state index in [-0.39, 0.29) is 11.5 Å². The summed E-state index contributed by atoms with van der Waals surface area (Å²) in [5.41, 5.74) is -0.306. The van der Waals surface area contributed by atoms with E-state index in [2.05, 4.69) is 29.3 Å². The lowest BCUT2D eigenvalue weighted by atomic mass is 10.0. The number of nitrogens with one attached hydrogen (secondary N) is 1. The van der Waals surface area contributed by atoms with Crippen LogP contribution in [0.15, 0.2) is 4.52 Å². The van der Waals surface area contributed by atoms with Crippen LogP contribution in [0.25, 0.3) is 0 Å². The Morgan fingerprint density at radius 1 is 1.44 bits per heavy atom. The second-order valence-electron chi connectivity index (χ2n) is 5.07. The van der Waals surface area contributed by atoms with Gasteiger partial charge in [-0.1, -0.05) is 19.0 Å². The molecule has 0 radical (unpaired) electrons. The molecule has 1 aliphatic rings. The molecule has 1 N–H and O–H groups in total. The van der Waals surface area contributed by atoms with Crippen molar-refractivity contribution in [2.24, 2.45) is 0 Å². The summed E-state index contributed by atoms with van der Waals surface area (Å²) in [7, 11) is 1.74. The molecule has 1 aromatic heterocycles. The maximum Gasteiger partial charge on any atom is 0.230 e. The monoisotopic (exact) mass is 253 g/mol. The predicted molar refractivity (Wildman–Crippen MR) is 68.4 cm³/mol. The molecule has 1 fully saturated rings. The van der Waals surface area contributed by atoms with Crippen LogP contribution in [0.3, 0.4) is 0 Å². The Morgan fingerprint density at radius 3 is 2.78 bits per heavy atom. The minimum atomic E-state index is -0.306. The van der Waals surface area contributed by atoms with Crippen LogP contribution in [0, 0.1) is 0 Å². The van der Waals surface area contributed by atoms with Gasteiger partial charge in [0.1, 0.15) is 5.60 Å². The van der Waals surface area contributed by atoms with E-state index in [0.717, 1.165) is 31.8 Å². The summed E-state index contributed by atoms with van der Waals surface area (Å²) in [6, 6.07) is 0. The Labute approximate surface area is 108 Å². The third-order valence-corrected chi connectivity index (χ3v) is 3.77. The summed E-state index contributed by atoms with van der Waals surface area (Å²) in [4.78, 5) is 4.55. The van der Waals surface area contributed by atoms with Crippen molar-refractivity contribution in [3.05, 3.63) is 11.7 Å². The Bertz CT molecular complexity index is 372. The number of methoxy groups -OCH3 is 1. The molecule has 1 aliphatic carbocycles. The van der Waals surface area contributed by atoms with Gasteiger partial charge in [-0.2, -0.15) is 4.98 Å². The van der Waals surface area contributed by atoms with Gasteiger partial charge in [0.25, 0.3) is 0 Å². The van der Waals surface area contributed by atoms with Gasteiger partial charge in [0.15, 0.2) is 0 Å². The van der Waals surface area contributed by atoms with Crippen LogP contribution in [0.1, 0.15) is 57.2 Å². The van der Waals surface area contributed by atoms with Crippen molar-refractivity contribution in [1.82, 2.24) is 15.5 Å². The fourth-order valence-corrected chi connectivity index (χ4v) is 2.53. The van der Waals surface area contributed by atoms with Crippen LogP contribution in [0.2, 0.25) is 0 Å². The average Bonchev–Trinajstić information content (AvgIpc) is 3.04. The molecule has 18 heavy (non-hydrogen) atoms. The quantitative estimate of drug-likeness (QED) is 0.842. The number of aromatic nitrogens is 2. The smallest absolute Gasteiger partial charge is 0.230 e. The third-order valence-electron chi connectivity index (χ3n) is 3.77. The van der Waals surface area contributed by atoms with Gasteiger partial charge in [0.2, 0.25) is 11.7 Å². The summed E-state index contributed by atoms with van der Waals surface area (Å²) in [6.07, 6.45) is 4.32. The van der Waals surface area contributed by atoms with E-state index >= 15 is 0 Å². The first-order chi connectivity index (χ1) is 8.72. The zero-order chi connectivity index (χ0) is 13.0. The number of nitrogens with zero attached hydrogens (tertiary/aromatic N) is 2. The summed E-state index contributed by atoms with van der Waals surface area (Å²) in [5.74, 6) is 1.66. The van der Waals surface area contributed by atoms with Gasteiger partial charge >= 0.3 is 0 Å². The zero-order valence-electron chi connectivity index (χ0n) is 11.5. The molecule has 1 saturated carbocycles. The number of likely N-dealkylation sites (N-methyl/N-ethyl adjacent to an activating group) is 1. The van der Waals surface area contributed by atoms with E-state index in [1.165, 1.54) is 12.8 Å². The standard InChI is InChI=1S/C13H23N3O2/c1-4-14-9-10(2)11-15-12(16-18-11)13(17-3)7-5-6-8-13/h10,14H,4-9H2,1-3H3. The molecular weight excluding hydrogens is 230 g/mol. The van der Waals surface area contributed by atoms with Crippen molar-refractivity contribution in [1.29, 1.82) is 0 Å². The first kappa shape index (κ1) is 13.5. The van der Waals surface area contributed by atoms with Gasteiger partial charge in [-0.15, -0.1) is 0 Å². The highest BCUT2D eigenvalue weighted by Gasteiger charge is 2.40. The van der Waals surface area contributed by atoms with Gasteiger partial charge in [0, 0.05) is 19.6 Å². The zero-order valence-corrected chi connectivity index (χ0v) is 11.5. The van der Waals surface area contributed by atoms with Gasteiger partial charge in [-0.25, -0.2) is 0 Å². The highest BCUT2D eigenvalue weighted by atomic mass is 16.5. The highest BCUT2D eigenvalue weighted by molar-refractivity contribution is 5.06. The Balaban J connectivity index is 2.09. The minimum absolute atomic E-state index is 0.238. The van der Waals surface area contributed by atoms with E-state index in [1.54, 1.807) is 7.11 Å². The molecule has 2 rings (SSSR count). The molecule has 0 saturated heterocycles. The molecule has 102 valence electrons.